The summed E-state index contributed by atoms with van der Waals surface area (Å²) in [6.07, 6.45) is -4.40. The zero-order valence-corrected chi connectivity index (χ0v) is 7.49. The molecule has 1 fully saturated rings. The van der Waals surface area contributed by atoms with Crippen LogP contribution in [0.3, 0.4) is 0 Å². The first-order valence-corrected chi connectivity index (χ1v) is 4.74. The maximum Gasteiger partial charge on any atom is 0.405 e. The van der Waals surface area contributed by atoms with Crippen molar-refractivity contribution < 1.29 is 17.9 Å². The van der Waals surface area contributed by atoms with E-state index in [1.54, 1.807) is 0 Å². The van der Waals surface area contributed by atoms with Gasteiger partial charge in [0.1, 0.15) is 0 Å². The van der Waals surface area contributed by atoms with Crippen LogP contribution in [-0.2, 0) is 4.74 Å². The van der Waals surface area contributed by atoms with Crippen molar-refractivity contribution in [2.75, 3.05) is 19.0 Å². The maximum atomic E-state index is 12.0. The van der Waals surface area contributed by atoms with Gasteiger partial charge < -0.3 is 4.74 Å². The van der Waals surface area contributed by atoms with Crippen LogP contribution in [0, 0.1) is 17.2 Å². The molecule has 1 rings (SSSR count). The van der Waals surface area contributed by atoms with Gasteiger partial charge in [-0.05, 0) is 0 Å². The predicted molar refractivity (Wildman–Crippen MR) is 42.2 cm³/mol. The molecule has 0 aromatic rings. The van der Waals surface area contributed by atoms with Crippen LogP contribution in [0.5, 0.6) is 0 Å². The monoisotopic (exact) mass is 211 g/mol. The number of ether oxygens (including phenoxy) is 1. The Hall–Kier alpha value is -0.410. The molecule has 0 radical (unpaired) electrons. The Morgan fingerprint density at radius 1 is 1.54 bits per heavy atom. The van der Waals surface area contributed by atoms with Gasteiger partial charge in [0.2, 0.25) is 0 Å². The highest BCUT2D eigenvalue weighted by molar-refractivity contribution is 8.00. The Labute approximate surface area is 78.0 Å². The van der Waals surface area contributed by atoms with Gasteiger partial charge in [0, 0.05) is 5.75 Å². The molecule has 1 saturated heterocycles. The van der Waals surface area contributed by atoms with E-state index in [1.165, 1.54) is 6.07 Å². The number of hydrogen-bond acceptors (Lipinski definition) is 3. The molecule has 1 heterocycles. The topological polar surface area (TPSA) is 33.0 Å². The van der Waals surface area contributed by atoms with E-state index in [-0.39, 0.29) is 11.0 Å². The molecule has 74 valence electrons. The third kappa shape index (κ3) is 3.08. The molecular weight excluding hydrogens is 203 g/mol. The van der Waals surface area contributed by atoms with Gasteiger partial charge in [0.25, 0.3) is 0 Å². The lowest BCUT2D eigenvalue weighted by Gasteiger charge is -2.26. The summed E-state index contributed by atoms with van der Waals surface area (Å²) in [5.41, 5.74) is 0. The summed E-state index contributed by atoms with van der Waals surface area (Å²) in [6.45, 7) is 1.00. The molecule has 0 N–H and O–H groups in total. The van der Waals surface area contributed by atoms with Crippen molar-refractivity contribution in [1.29, 1.82) is 5.26 Å². The van der Waals surface area contributed by atoms with Crippen LogP contribution >= 0.6 is 11.8 Å². The first kappa shape index (κ1) is 10.7. The molecular formula is C7H8F3NOS. The van der Waals surface area contributed by atoms with Crippen molar-refractivity contribution in [3.63, 3.8) is 0 Å². The Bertz CT molecular complexity index is 209. The van der Waals surface area contributed by atoms with Gasteiger partial charge in [-0.2, -0.15) is 30.2 Å². The highest BCUT2D eigenvalue weighted by Gasteiger charge is 2.40. The summed E-state index contributed by atoms with van der Waals surface area (Å²) in [5, 5.41) is 8.39. The van der Waals surface area contributed by atoms with Gasteiger partial charge in [-0.3, -0.25) is 0 Å². The summed E-state index contributed by atoms with van der Waals surface area (Å²) in [5.74, 6) is -2.04. The molecule has 0 spiro atoms. The van der Waals surface area contributed by atoms with Gasteiger partial charge in [-0.1, -0.05) is 0 Å². The van der Waals surface area contributed by atoms with Gasteiger partial charge >= 0.3 is 6.18 Å². The number of thioether (sulfide) groups is 1. The third-order valence-electron chi connectivity index (χ3n) is 1.66. The Morgan fingerprint density at radius 3 is 2.46 bits per heavy atom. The number of nitriles is 1. The van der Waals surface area contributed by atoms with Crippen molar-refractivity contribution in [2.45, 2.75) is 11.4 Å². The van der Waals surface area contributed by atoms with E-state index in [1.807, 2.05) is 0 Å². The number of alkyl halides is 3. The van der Waals surface area contributed by atoms with Crippen LogP contribution in [0.25, 0.3) is 0 Å². The van der Waals surface area contributed by atoms with Crippen molar-refractivity contribution >= 4 is 11.8 Å². The summed E-state index contributed by atoms with van der Waals surface area (Å²) in [7, 11) is 0. The molecule has 1 unspecified atom stereocenters. The molecule has 1 aliphatic heterocycles. The van der Waals surface area contributed by atoms with Crippen LogP contribution in [0.4, 0.5) is 13.2 Å². The fourth-order valence-electron chi connectivity index (χ4n) is 0.748. The first-order valence-electron chi connectivity index (χ1n) is 3.69. The second-order valence-corrected chi connectivity index (χ2v) is 4.05. The smallest absolute Gasteiger partial charge is 0.379 e. The summed E-state index contributed by atoms with van der Waals surface area (Å²) in [4.78, 5) is 0. The minimum atomic E-state index is -4.40. The van der Waals surface area contributed by atoms with Crippen LogP contribution in [-0.4, -0.2) is 30.4 Å². The van der Waals surface area contributed by atoms with E-state index in [4.69, 9.17) is 10.00 Å². The molecule has 13 heavy (non-hydrogen) atoms. The summed E-state index contributed by atoms with van der Waals surface area (Å²) < 4.78 is 40.9. The molecule has 1 aliphatic rings. The minimum absolute atomic E-state index is 0.137. The zero-order chi connectivity index (χ0) is 9.90. The molecule has 1 atom stereocenters. The number of nitrogens with zero attached hydrogens (tertiary/aromatic N) is 1. The first-order chi connectivity index (χ1) is 6.04. The third-order valence-corrected chi connectivity index (χ3v) is 2.93. The van der Waals surface area contributed by atoms with Crippen molar-refractivity contribution in [2.24, 2.45) is 5.92 Å². The number of rotatable bonds is 3. The Balaban J connectivity index is 2.28. The molecule has 2 nitrogen and oxygen atoms in total. The Kier molecular flexibility index (Phi) is 3.45. The van der Waals surface area contributed by atoms with E-state index in [0.717, 1.165) is 11.8 Å². The molecule has 0 aliphatic carbocycles. The fraction of sp³-hybridized carbons (Fsp3) is 0.857. The van der Waals surface area contributed by atoms with Crippen LogP contribution in [0.15, 0.2) is 0 Å². The van der Waals surface area contributed by atoms with E-state index < -0.39 is 12.1 Å². The highest BCUT2D eigenvalue weighted by atomic mass is 32.2. The van der Waals surface area contributed by atoms with Gasteiger partial charge in [-0.25, -0.2) is 0 Å². The van der Waals surface area contributed by atoms with Crippen molar-refractivity contribution in [3.05, 3.63) is 0 Å². The molecule has 0 bridgehead atoms. The van der Waals surface area contributed by atoms with Gasteiger partial charge in [0.05, 0.1) is 24.5 Å². The van der Waals surface area contributed by atoms with Gasteiger partial charge in [-0.15, -0.1) is 0 Å². The van der Waals surface area contributed by atoms with E-state index in [0.29, 0.717) is 13.2 Å². The minimum Gasteiger partial charge on any atom is -0.379 e. The molecule has 0 aromatic carbocycles. The lowest BCUT2D eigenvalue weighted by Crippen LogP contribution is -2.33. The lowest BCUT2D eigenvalue weighted by molar-refractivity contribution is -0.152. The molecule has 0 saturated carbocycles. The molecule has 6 heteroatoms. The summed E-state index contributed by atoms with van der Waals surface area (Å²) >= 11 is 1.16. The summed E-state index contributed by atoms with van der Waals surface area (Å²) in [6, 6.07) is 1.26. The predicted octanol–water partition coefficient (Wildman–Crippen LogP) is 1.82. The van der Waals surface area contributed by atoms with E-state index >= 15 is 0 Å². The quantitative estimate of drug-likeness (QED) is 0.713. The van der Waals surface area contributed by atoms with Crippen molar-refractivity contribution in [3.8, 4) is 6.07 Å². The highest BCUT2D eigenvalue weighted by Crippen LogP contribution is 2.31. The Morgan fingerprint density at radius 2 is 2.15 bits per heavy atom. The fourth-order valence-corrected chi connectivity index (χ4v) is 1.86. The normalized spacial score (nSPS) is 20.5. The van der Waals surface area contributed by atoms with Crippen LogP contribution in [0.1, 0.15) is 0 Å². The lowest BCUT2D eigenvalue weighted by atomic mass is 10.2. The second-order valence-electron chi connectivity index (χ2n) is 2.72. The van der Waals surface area contributed by atoms with Crippen molar-refractivity contribution in [1.82, 2.24) is 0 Å². The number of halogens is 3. The molecule has 0 aromatic heterocycles. The maximum absolute atomic E-state index is 12.0. The average molecular weight is 211 g/mol. The average Bonchev–Trinajstić information content (AvgIpc) is 1.91. The van der Waals surface area contributed by atoms with Crippen LogP contribution in [0.2, 0.25) is 0 Å². The second kappa shape index (κ2) is 4.20. The van der Waals surface area contributed by atoms with E-state index in [2.05, 4.69) is 0 Å². The van der Waals surface area contributed by atoms with Gasteiger partial charge in [0.15, 0.2) is 5.92 Å². The zero-order valence-electron chi connectivity index (χ0n) is 6.67. The van der Waals surface area contributed by atoms with Crippen LogP contribution < -0.4 is 0 Å². The van der Waals surface area contributed by atoms with E-state index in [9.17, 15) is 13.2 Å². The number of hydrogen-bond donors (Lipinski definition) is 0. The molecule has 0 amide bonds. The standard InChI is InChI=1S/C7H8F3NOS/c8-7(9,10)5(1-11)4-13-6-2-12-3-6/h5-6H,2-4H2. The SMILES string of the molecule is N#CC(CSC1COC1)C(F)(F)F. The largest absolute Gasteiger partial charge is 0.405 e.